The van der Waals surface area contributed by atoms with Crippen LogP contribution in [0.2, 0.25) is 0 Å². The van der Waals surface area contributed by atoms with Gasteiger partial charge in [0, 0.05) is 11.3 Å². The number of anilines is 1. The number of nitrogens with one attached hydrogen (secondary N) is 2. The summed E-state index contributed by atoms with van der Waals surface area (Å²) in [5.74, 6) is -0.133. The van der Waals surface area contributed by atoms with Crippen LogP contribution in [-0.2, 0) is 6.42 Å². The number of nitrogens with zero attached hydrogens (tertiary/aromatic N) is 1. The van der Waals surface area contributed by atoms with E-state index in [9.17, 15) is 4.79 Å². The van der Waals surface area contributed by atoms with E-state index in [1.807, 2.05) is 31.3 Å². The molecule has 106 valence electrons. The van der Waals surface area contributed by atoms with E-state index >= 15 is 0 Å². The Balaban J connectivity index is 2.14. The van der Waals surface area contributed by atoms with Crippen molar-refractivity contribution in [3.63, 3.8) is 0 Å². The van der Waals surface area contributed by atoms with Crippen LogP contribution >= 0.6 is 0 Å². The maximum absolute atomic E-state index is 12.4. The molecule has 0 unspecified atom stereocenters. The Labute approximate surface area is 124 Å². The lowest BCUT2D eigenvalue weighted by Gasteiger charge is -2.10. The predicted octanol–water partition coefficient (Wildman–Crippen LogP) is 2.57. The standard InChI is InChI=1S/C17H17N3O/c1-19-11-10-14-4-2-3-5-16(14)17(21)20-15-8-6-13(12-18)7-9-15/h2-9,19H,10-11H2,1H3,(H,20,21). The van der Waals surface area contributed by atoms with Gasteiger partial charge in [-0.2, -0.15) is 5.26 Å². The molecule has 2 aromatic rings. The first-order chi connectivity index (χ1) is 10.2. The number of hydrogen-bond acceptors (Lipinski definition) is 3. The summed E-state index contributed by atoms with van der Waals surface area (Å²) in [6.07, 6.45) is 0.799. The van der Waals surface area contributed by atoms with Crippen LogP contribution in [0.15, 0.2) is 48.5 Å². The minimum Gasteiger partial charge on any atom is -0.322 e. The number of hydrogen-bond donors (Lipinski definition) is 2. The monoisotopic (exact) mass is 279 g/mol. The van der Waals surface area contributed by atoms with Crippen molar-refractivity contribution in [2.45, 2.75) is 6.42 Å². The van der Waals surface area contributed by atoms with Crippen molar-refractivity contribution in [1.82, 2.24) is 5.32 Å². The van der Waals surface area contributed by atoms with Gasteiger partial charge in [-0.1, -0.05) is 18.2 Å². The molecule has 21 heavy (non-hydrogen) atoms. The summed E-state index contributed by atoms with van der Waals surface area (Å²) in [6.45, 7) is 0.821. The molecule has 0 heterocycles. The van der Waals surface area contributed by atoms with Crippen LogP contribution in [0.4, 0.5) is 5.69 Å². The molecule has 0 saturated carbocycles. The minimum atomic E-state index is -0.133. The average molecular weight is 279 g/mol. The molecule has 0 fully saturated rings. The zero-order valence-electron chi connectivity index (χ0n) is 11.9. The van der Waals surface area contributed by atoms with Gasteiger partial charge in [0.1, 0.15) is 0 Å². The topological polar surface area (TPSA) is 64.9 Å². The van der Waals surface area contributed by atoms with Crippen LogP contribution in [0.25, 0.3) is 0 Å². The molecule has 4 heteroatoms. The summed E-state index contributed by atoms with van der Waals surface area (Å²) in [5, 5.41) is 14.7. The molecule has 0 spiro atoms. The van der Waals surface area contributed by atoms with Gasteiger partial charge in [0.25, 0.3) is 5.91 Å². The highest BCUT2D eigenvalue weighted by Crippen LogP contribution is 2.14. The summed E-state index contributed by atoms with van der Waals surface area (Å²) in [6, 6.07) is 16.5. The van der Waals surface area contributed by atoms with E-state index in [1.54, 1.807) is 24.3 Å². The van der Waals surface area contributed by atoms with Crippen molar-refractivity contribution in [1.29, 1.82) is 5.26 Å². The molecule has 2 N–H and O–H groups in total. The largest absolute Gasteiger partial charge is 0.322 e. The van der Waals surface area contributed by atoms with Crippen molar-refractivity contribution in [3.05, 3.63) is 65.2 Å². The van der Waals surface area contributed by atoms with Crippen molar-refractivity contribution in [3.8, 4) is 6.07 Å². The molecule has 0 saturated heterocycles. The third kappa shape index (κ3) is 3.91. The average Bonchev–Trinajstić information content (AvgIpc) is 2.54. The van der Waals surface area contributed by atoms with Gasteiger partial charge in [-0.3, -0.25) is 4.79 Å². The highest BCUT2D eigenvalue weighted by molar-refractivity contribution is 6.05. The second-order valence-corrected chi connectivity index (χ2v) is 4.65. The molecule has 0 aromatic heterocycles. The van der Waals surface area contributed by atoms with Gasteiger partial charge in [-0.25, -0.2) is 0 Å². The Morgan fingerprint density at radius 1 is 1.14 bits per heavy atom. The van der Waals surface area contributed by atoms with Crippen molar-refractivity contribution in [2.75, 3.05) is 18.9 Å². The van der Waals surface area contributed by atoms with Crippen LogP contribution in [0.3, 0.4) is 0 Å². The van der Waals surface area contributed by atoms with E-state index in [4.69, 9.17) is 5.26 Å². The Morgan fingerprint density at radius 3 is 2.52 bits per heavy atom. The second kappa shape index (κ2) is 7.22. The molecule has 1 amide bonds. The van der Waals surface area contributed by atoms with E-state index in [1.165, 1.54) is 0 Å². The van der Waals surface area contributed by atoms with Gasteiger partial charge in [0.2, 0.25) is 0 Å². The Hall–Kier alpha value is -2.64. The number of likely N-dealkylation sites (N-methyl/N-ethyl adjacent to an activating group) is 1. The van der Waals surface area contributed by atoms with E-state index < -0.39 is 0 Å². The molecule has 0 aliphatic heterocycles. The van der Waals surface area contributed by atoms with E-state index in [2.05, 4.69) is 16.7 Å². The zero-order chi connectivity index (χ0) is 15.1. The minimum absolute atomic E-state index is 0.133. The Kier molecular flexibility index (Phi) is 5.08. The molecule has 2 aromatic carbocycles. The van der Waals surface area contributed by atoms with Crippen LogP contribution in [0, 0.1) is 11.3 Å². The number of carbonyl (C=O) groups excluding carboxylic acids is 1. The number of benzene rings is 2. The maximum atomic E-state index is 12.4. The fourth-order valence-corrected chi connectivity index (χ4v) is 2.05. The SMILES string of the molecule is CNCCc1ccccc1C(=O)Nc1ccc(C#N)cc1. The fraction of sp³-hybridized carbons (Fsp3) is 0.176. The molecular weight excluding hydrogens is 262 g/mol. The summed E-state index contributed by atoms with van der Waals surface area (Å²) in [7, 11) is 1.89. The van der Waals surface area contributed by atoms with Crippen molar-refractivity contribution in [2.24, 2.45) is 0 Å². The van der Waals surface area contributed by atoms with E-state index in [-0.39, 0.29) is 5.91 Å². The summed E-state index contributed by atoms with van der Waals surface area (Å²) < 4.78 is 0. The second-order valence-electron chi connectivity index (χ2n) is 4.65. The molecule has 0 aliphatic carbocycles. The molecule has 2 rings (SSSR count). The molecule has 0 aliphatic rings. The first kappa shape index (κ1) is 14.8. The predicted molar refractivity (Wildman–Crippen MR) is 83.2 cm³/mol. The number of nitriles is 1. The fourth-order valence-electron chi connectivity index (χ4n) is 2.05. The van der Waals surface area contributed by atoms with Gasteiger partial charge in [-0.05, 0) is 55.9 Å². The highest BCUT2D eigenvalue weighted by Gasteiger charge is 2.10. The Morgan fingerprint density at radius 2 is 1.86 bits per heavy atom. The molecule has 4 nitrogen and oxygen atoms in total. The molecule has 0 atom stereocenters. The van der Waals surface area contributed by atoms with Gasteiger partial charge in [0.05, 0.1) is 11.6 Å². The maximum Gasteiger partial charge on any atom is 0.255 e. The quantitative estimate of drug-likeness (QED) is 0.884. The lowest BCUT2D eigenvalue weighted by Crippen LogP contribution is -2.17. The first-order valence-corrected chi connectivity index (χ1v) is 6.78. The zero-order valence-corrected chi connectivity index (χ0v) is 11.9. The van der Waals surface area contributed by atoms with Crippen LogP contribution in [0.1, 0.15) is 21.5 Å². The lowest BCUT2D eigenvalue weighted by atomic mass is 10.0. The van der Waals surface area contributed by atoms with E-state index in [0.717, 1.165) is 18.5 Å². The normalized spacial score (nSPS) is 9.90. The third-order valence-corrected chi connectivity index (χ3v) is 3.18. The molecule has 0 radical (unpaired) electrons. The number of amides is 1. The number of carbonyl (C=O) groups is 1. The Bertz CT molecular complexity index is 656. The van der Waals surface area contributed by atoms with Gasteiger partial charge < -0.3 is 10.6 Å². The summed E-state index contributed by atoms with van der Waals surface area (Å²) in [4.78, 5) is 12.4. The lowest BCUT2D eigenvalue weighted by molar-refractivity contribution is 0.102. The number of rotatable bonds is 5. The summed E-state index contributed by atoms with van der Waals surface area (Å²) in [5.41, 5.74) is 2.94. The highest BCUT2D eigenvalue weighted by atomic mass is 16.1. The summed E-state index contributed by atoms with van der Waals surface area (Å²) >= 11 is 0. The van der Waals surface area contributed by atoms with Gasteiger partial charge >= 0.3 is 0 Å². The third-order valence-electron chi connectivity index (χ3n) is 3.18. The van der Waals surface area contributed by atoms with Crippen LogP contribution in [0.5, 0.6) is 0 Å². The molecule has 0 bridgehead atoms. The van der Waals surface area contributed by atoms with E-state index in [0.29, 0.717) is 16.8 Å². The smallest absolute Gasteiger partial charge is 0.255 e. The van der Waals surface area contributed by atoms with Crippen LogP contribution in [-0.4, -0.2) is 19.5 Å². The molecular formula is C17H17N3O. The van der Waals surface area contributed by atoms with Crippen LogP contribution < -0.4 is 10.6 Å². The van der Waals surface area contributed by atoms with Crippen molar-refractivity contribution < 1.29 is 4.79 Å². The van der Waals surface area contributed by atoms with Gasteiger partial charge in [0.15, 0.2) is 0 Å². The van der Waals surface area contributed by atoms with Gasteiger partial charge in [-0.15, -0.1) is 0 Å². The first-order valence-electron chi connectivity index (χ1n) is 6.78. The van der Waals surface area contributed by atoms with Crippen molar-refractivity contribution >= 4 is 11.6 Å².